The maximum atomic E-state index is 4.97. The molecular formula is C54H45Cl3IrP3. The molecule has 0 heterocycles. The van der Waals surface area contributed by atoms with Gasteiger partial charge in [-0.1, -0.05) is 273 Å². The van der Waals surface area contributed by atoms with Gasteiger partial charge in [0.05, 0.1) is 0 Å². The molecule has 0 bridgehead atoms. The Morgan fingerprint density at radius 3 is 0.344 bits per heavy atom. The molecule has 0 saturated heterocycles. The monoisotopic (exact) mass is 1080 g/mol. The predicted octanol–water partition coefficient (Wildman–Crippen LogP) is 12.4. The predicted molar refractivity (Wildman–Crippen MR) is 273 cm³/mol. The van der Waals surface area contributed by atoms with Gasteiger partial charge in [-0.05, 0) is 71.5 Å². The molecule has 0 amide bonds. The van der Waals surface area contributed by atoms with Crippen LogP contribution in [0.4, 0.5) is 0 Å². The van der Waals surface area contributed by atoms with E-state index >= 15 is 0 Å². The molecule has 0 radical (unpaired) electrons. The fourth-order valence-electron chi connectivity index (χ4n) is 6.54. The van der Waals surface area contributed by atoms with E-state index < -0.39 is 37.2 Å². The number of hydrogen-bond donors (Lipinski definition) is 0. The summed E-state index contributed by atoms with van der Waals surface area (Å²) in [5.41, 5.74) is 0. The molecule has 0 N–H and O–H groups in total. The molecule has 0 aliphatic rings. The van der Waals surface area contributed by atoms with Crippen LogP contribution in [0.3, 0.4) is 0 Å². The zero-order valence-corrected chi connectivity index (χ0v) is 40.6. The minimum Gasteiger partial charge on any atom is -0.0622 e. The van der Waals surface area contributed by atoms with E-state index in [2.05, 4.69) is 273 Å². The zero-order chi connectivity index (χ0) is 42.3. The number of rotatable bonds is 9. The van der Waals surface area contributed by atoms with Crippen molar-refractivity contribution in [2.24, 2.45) is 0 Å². The van der Waals surface area contributed by atoms with Crippen LogP contribution in [0.1, 0.15) is 0 Å². The topological polar surface area (TPSA) is 0 Å². The SMILES string of the molecule is [Cl][Ir]([Cl])[Cl].c1ccc(P(c2ccccc2)c2ccccc2)cc1.c1ccc(P(c2ccccc2)c2ccccc2)cc1.c1ccc(P(c2ccccc2)c2ccccc2)cc1. The van der Waals surface area contributed by atoms with Crippen molar-refractivity contribution in [3.63, 3.8) is 0 Å². The molecule has 0 fully saturated rings. The first-order valence-electron chi connectivity index (χ1n) is 19.6. The summed E-state index contributed by atoms with van der Waals surface area (Å²) < 4.78 is 0. The van der Waals surface area contributed by atoms with Gasteiger partial charge in [0.15, 0.2) is 0 Å². The van der Waals surface area contributed by atoms with Gasteiger partial charge < -0.3 is 0 Å². The molecule has 0 atom stereocenters. The third-order valence-corrected chi connectivity index (χ3v) is 16.5. The fraction of sp³-hybridized carbons (Fsp3) is 0. The second-order valence-electron chi connectivity index (χ2n) is 13.2. The van der Waals surface area contributed by atoms with E-state index in [1.165, 1.54) is 47.7 Å². The van der Waals surface area contributed by atoms with Crippen LogP contribution in [0.5, 0.6) is 0 Å². The van der Waals surface area contributed by atoms with Crippen molar-refractivity contribution in [1.82, 2.24) is 0 Å². The number of hydrogen-bond acceptors (Lipinski definition) is 0. The summed E-state index contributed by atoms with van der Waals surface area (Å²) in [6, 6.07) is 97.0. The van der Waals surface area contributed by atoms with Crippen molar-refractivity contribution in [3.05, 3.63) is 273 Å². The van der Waals surface area contributed by atoms with Gasteiger partial charge >= 0.3 is 42.2 Å². The third kappa shape index (κ3) is 15.0. The minimum absolute atomic E-state index is 0.446. The zero-order valence-electron chi connectivity index (χ0n) is 33.3. The molecule has 61 heavy (non-hydrogen) atoms. The molecule has 9 rings (SSSR count). The summed E-state index contributed by atoms with van der Waals surface area (Å²) in [6.45, 7) is 0. The van der Waals surface area contributed by atoms with Gasteiger partial charge in [0, 0.05) is 0 Å². The Kier molecular flexibility index (Phi) is 20.0. The second-order valence-corrected chi connectivity index (χ2v) is 30.2. The second kappa shape index (κ2) is 26.3. The third-order valence-electron chi connectivity index (χ3n) is 9.13. The van der Waals surface area contributed by atoms with Crippen LogP contribution >= 0.6 is 52.5 Å². The van der Waals surface area contributed by atoms with E-state index in [0.29, 0.717) is 0 Å². The van der Waals surface area contributed by atoms with Gasteiger partial charge in [-0.25, -0.2) is 0 Å². The van der Waals surface area contributed by atoms with Crippen LogP contribution in [0.15, 0.2) is 273 Å². The van der Waals surface area contributed by atoms with Crippen LogP contribution in [-0.2, 0) is 13.5 Å². The smallest absolute Gasteiger partial charge is 0.0134 e. The van der Waals surface area contributed by atoms with Crippen LogP contribution in [0, 0.1) is 0 Å². The van der Waals surface area contributed by atoms with Crippen LogP contribution in [-0.4, -0.2) is 0 Å². The molecule has 9 aromatic rings. The average molecular weight is 1090 g/mol. The quantitative estimate of drug-likeness (QED) is 0.126. The molecule has 0 aromatic heterocycles. The average Bonchev–Trinajstić information content (AvgIpc) is 3.33. The van der Waals surface area contributed by atoms with Crippen LogP contribution in [0.25, 0.3) is 0 Å². The molecule has 9 aromatic carbocycles. The Morgan fingerprint density at radius 1 is 0.180 bits per heavy atom. The van der Waals surface area contributed by atoms with E-state index in [1.54, 1.807) is 0 Å². The summed E-state index contributed by atoms with van der Waals surface area (Å²) >= 11 is -1.92. The van der Waals surface area contributed by atoms with Crippen LogP contribution < -0.4 is 47.7 Å². The van der Waals surface area contributed by atoms with Gasteiger partial charge in [0.1, 0.15) is 0 Å². The van der Waals surface area contributed by atoms with Crippen molar-refractivity contribution in [1.29, 1.82) is 0 Å². The normalized spacial score (nSPS) is 10.6. The number of halogens is 3. The summed E-state index contributed by atoms with van der Waals surface area (Å²) in [4.78, 5) is 0. The van der Waals surface area contributed by atoms with Crippen molar-refractivity contribution in [2.75, 3.05) is 0 Å². The summed E-state index contributed by atoms with van der Waals surface area (Å²) in [6.07, 6.45) is 0. The van der Waals surface area contributed by atoms with Gasteiger partial charge in [0.25, 0.3) is 0 Å². The van der Waals surface area contributed by atoms with Crippen LogP contribution in [0.2, 0.25) is 0 Å². The Morgan fingerprint density at radius 2 is 0.262 bits per heavy atom. The van der Waals surface area contributed by atoms with Crippen molar-refractivity contribution in [3.8, 4) is 0 Å². The molecule has 0 aliphatic carbocycles. The van der Waals surface area contributed by atoms with Gasteiger partial charge in [-0.3, -0.25) is 0 Å². The molecule has 0 aliphatic heterocycles. The summed E-state index contributed by atoms with van der Waals surface area (Å²) in [5.74, 6) is 0. The van der Waals surface area contributed by atoms with E-state index in [1.807, 2.05) is 0 Å². The first-order chi connectivity index (χ1) is 30.1. The van der Waals surface area contributed by atoms with E-state index in [4.69, 9.17) is 28.8 Å². The Bertz CT molecular complexity index is 1930. The molecule has 0 nitrogen and oxygen atoms in total. The molecule has 0 saturated carbocycles. The van der Waals surface area contributed by atoms with E-state index in [0.717, 1.165) is 0 Å². The van der Waals surface area contributed by atoms with Gasteiger partial charge in [-0.15, -0.1) is 0 Å². The Labute approximate surface area is 383 Å². The standard InChI is InChI=1S/3C18H15P.3ClH.Ir/c3*1-4-10-16(11-5-1)19(17-12-6-2-7-13-17)18-14-8-3-9-15-18;;;;/h3*1-15H;3*1H;/q;;;;;;+3/p-3. The Balaban J connectivity index is 0.000000146. The molecule has 0 spiro atoms. The molecule has 0 unspecified atom stereocenters. The first-order valence-corrected chi connectivity index (χ1v) is 32.5. The maximum Gasteiger partial charge on any atom is -0.0134 e. The summed E-state index contributed by atoms with van der Waals surface area (Å²) in [7, 11) is 13.6. The summed E-state index contributed by atoms with van der Waals surface area (Å²) in [5, 5.41) is 12.6. The molecule has 7 heteroatoms. The molecule has 306 valence electrons. The van der Waals surface area contributed by atoms with E-state index in [-0.39, 0.29) is 0 Å². The van der Waals surface area contributed by atoms with E-state index in [9.17, 15) is 0 Å². The Hall–Kier alpha value is -4.21. The first kappa shape index (κ1) is 46.3. The number of benzene rings is 9. The van der Waals surface area contributed by atoms with Gasteiger partial charge in [-0.2, -0.15) is 0 Å². The van der Waals surface area contributed by atoms with Crippen molar-refractivity contribution >= 4 is 100 Å². The van der Waals surface area contributed by atoms with Crippen molar-refractivity contribution in [2.45, 2.75) is 0 Å². The van der Waals surface area contributed by atoms with Crippen molar-refractivity contribution < 1.29 is 13.5 Å². The largest absolute Gasteiger partial charge is 0.0622 e. The van der Waals surface area contributed by atoms with Gasteiger partial charge in [0.2, 0.25) is 0 Å². The molecular weight excluding hydrogens is 1040 g/mol. The minimum atomic E-state index is -1.92. The maximum absolute atomic E-state index is 4.97. The fourth-order valence-corrected chi connectivity index (χ4v) is 13.5.